The highest BCUT2D eigenvalue weighted by Crippen LogP contribution is 2.49. The number of hydrogen-bond acceptors (Lipinski definition) is 3. The molecule has 3 aromatic carbocycles. The molecule has 0 radical (unpaired) electrons. The molecule has 0 spiro atoms. The van der Waals surface area contributed by atoms with E-state index in [1.54, 1.807) is 6.92 Å². The van der Waals surface area contributed by atoms with Crippen LogP contribution in [0.1, 0.15) is 61.8 Å². The molecule has 0 aliphatic heterocycles. The minimum absolute atomic E-state index is 0.0235. The van der Waals surface area contributed by atoms with Gasteiger partial charge in [0.2, 0.25) is 5.91 Å². The maximum absolute atomic E-state index is 12.3. The number of nitrogens with one attached hydrogen (secondary N) is 1. The molecule has 0 atom stereocenters. The van der Waals surface area contributed by atoms with Crippen LogP contribution in [-0.2, 0) is 32.7 Å². The lowest BCUT2D eigenvalue weighted by Crippen LogP contribution is -2.45. The molecule has 3 aromatic rings. The van der Waals surface area contributed by atoms with E-state index in [4.69, 9.17) is 4.74 Å². The number of hydrogen-bond donors (Lipinski definition) is 1. The molecule has 1 aliphatic carbocycles. The summed E-state index contributed by atoms with van der Waals surface area (Å²) in [7, 11) is 0. The third-order valence-corrected chi connectivity index (χ3v) is 6.67. The summed E-state index contributed by atoms with van der Waals surface area (Å²) < 4.78 is 4.99. The molecular formula is C30H33NO3. The number of amides is 1. The lowest BCUT2D eigenvalue weighted by Gasteiger charge is -2.33. The molecule has 0 saturated carbocycles. The van der Waals surface area contributed by atoms with Crippen molar-refractivity contribution in [2.24, 2.45) is 0 Å². The lowest BCUT2D eigenvalue weighted by molar-refractivity contribution is -0.143. The summed E-state index contributed by atoms with van der Waals surface area (Å²) in [6.45, 7) is 3.88. The third-order valence-electron chi connectivity index (χ3n) is 6.67. The number of carbonyl (C=O) groups is 2. The second kappa shape index (κ2) is 10.7. The Morgan fingerprint density at radius 2 is 1.35 bits per heavy atom. The van der Waals surface area contributed by atoms with Crippen LogP contribution in [0.4, 0.5) is 0 Å². The van der Waals surface area contributed by atoms with Crippen LogP contribution in [-0.4, -0.2) is 18.5 Å². The van der Waals surface area contributed by atoms with Crippen LogP contribution in [0.15, 0.2) is 72.8 Å². The van der Waals surface area contributed by atoms with Crippen LogP contribution in [0.5, 0.6) is 0 Å². The van der Waals surface area contributed by atoms with Crippen molar-refractivity contribution < 1.29 is 14.3 Å². The van der Waals surface area contributed by atoms with Crippen LogP contribution in [0.3, 0.4) is 0 Å². The van der Waals surface area contributed by atoms with Crippen molar-refractivity contribution in [3.63, 3.8) is 0 Å². The van der Waals surface area contributed by atoms with Gasteiger partial charge in [0, 0.05) is 13.3 Å². The highest BCUT2D eigenvalue weighted by atomic mass is 16.5. The fourth-order valence-electron chi connectivity index (χ4n) is 5.13. The van der Waals surface area contributed by atoms with Gasteiger partial charge in [0.1, 0.15) is 0 Å². The van der Waals surface area contributed by atoms with Gasteiger partial charge in [-0.15, -0.1) is 0 Å². The summed E-state index contributed by atoms with van der Waals surface area (Å²) in [6, 6.07) is 25.6. The van der Waals surface area contributed by atoms with Crippen molar-refractivity contribution >= 4 is 11.9 Å². The number of rotatable bonds is 10. The zero-order valence-electron chi connectivity index (χ0n) is 20.1. The van der Waals surface area contributed by atoms with Crippen LogP contribution in [0, 0.1) is 0 Å². The summed E-state index contributed by atoms with van der Waals surface area (Å²) in [5.74, 6) is -0.134. The molecule has 1 N–H and O–H groups in total. The van der Waals surface area contributed by atoms with Gasteiger partial charge in [-0.05, 0) is 72.4 Å². The molecule has 4 rings (SSSR count). The predicted octanol–water partition coefficient (Wildman–Crippen LogP) is 5.96. The molecule has 34 heavy (non-hydrogen) atoms. The average molecular weight is 456 g/mol. The molecule has 1 amide bonds. The van der Waals surface area contributed by atoms with Crippen LogP contribution in [0.25, 0.3) is 11.1 Å². The van der Waals surface area contributed by atoms with E-state index in [-0.39, 0.29) is 11.9 Å². The summed E-state index contributed by atoms with van der Waals surface area (Å²) in [4.78, 5) is 23.8. The monoisotopic (exact) mass is 455 g/mol. The van der Waals surface area contributed by atoms with E-state index in [1.165, 1.54) is 33.4 Å². The number of ether oxygens (including phenoxy) is 1. The van der Waals surface area contributed by atoms with Gasteiger partial charge in [-0.25, -0.2) is 0 Å². The zero-order chi connectivity index (χ0) is 24.0. The summed E-state index contributed by atoms with van der Waals surface area (Å²) in [5, 5.41) is 3.32. The molecule has 0 bridgehead atoms. The fraction of sp³-hybridized carbons (Fsp3) is 0.333. The average Bonchev–Trinajstić information content (AvgIpc) is 3.11. The minimum Gasteiger partial charge on any atom is -0.466 e. The van der Waals surface area contributed by atoms with Crippen molar-refractivity contribution in [1.29, 1.82) is 0 Å². The Bertz CT molecular complexity index is 1100. The van der Waals surface area contributed by atoms with E-state index in [0.717, 1.165) is 32.1 Å². The Hall–Kier alpha value is -3.40. The number of benzene rings is 3. The zero-order valence-corrected chi connectivity index (χ0v) is 20.1. The van der Waals surface area contributed by atoms with Gasteiger partial charge in [0.15, 0.2) is 0 Å². The summed E-state index contributed by atoms with van der Waals surface area (Å²) in [6.07, 6.45) is 4.90. The second-order valence-electron chi connectivity index (χ2n) is 9.01. The third kappa shape index (κ3) is 5.06. The van der Waals surface area contributed by atoms with Crippen molar-refractivity contribution in [1.82, 2.24) is 5.32 Å². The molecule has 0 saturated heterocycles. The Balaban J connectivity index is 1.46. The topological polar surface area (TPSA) is 55.4 Å². The Morgan fingerprint density at radius 3 is 1.91 bits per heavy atom. The van der Waals surface area contributed by atoms with Crippen LogP contribution >= 0.6 is 0 Å². The van der Waals surface area contributed by atoms with Crippen LogP contribution in [0.2, 0.25) is 0 Å². The molecule has 4 nitrogen and oxygen atoms in total. The number of esters is 1. The second-order valence-corrected chi connectivity index (χ2v) is 9.01. The Morgan fingerprint density at radius 1 is 0.794 bits per heavy atom. The normalized spacial score (nSPS) is 13.1. The van der Waals surface area contributed by atoms with Gasteiger partial charge in [-0.3, -0.25) is 9.59 Å². The predicted molar refractivity (Wildman–Crippen MR) is 135 cm³/mol. The largest absolute Gasteiger partial charge is 0.466 e. The Kier molecular flexibility index (Phi) is 7.46. The lowest BCUT2D eigenvalue weighted by atomic mass is 9.82. The smallest absolute Gasteiger partial charge is 0.305 e. The van der Waals surface area contributed by atoms with E-state index in [9.17, 15) is 9.59 Å². The highest BCUT2D eigenvalue weighted by molar-refractivity contribution is 5.84. The molecule has 0 heterocycles. The van der Waals surface area contributed by atoms with E-state index in [2.05, 4.69) is 78.1 Å². The van der Waals surface area contributed by atoms with Gasteiger partial charge < -0.3 is 10.1 Å². The number of fused-ring (bicyclic) bond motifs is 3. The molecule has 0 fully saturated rings. The standard InChI is InChI=1S/C30H33NO3/c1-3-34-29(33)15-9-4-10-23-16-18-24(19-17-23)20-21-30(31-22(2)32)27-13-7-5-11-25(27)26-12-6-8-14-28(26)30/h5-8,11-14,16-19H,3-4,9-10,15,20-21H2,1-2H3,(H,31,32). The molecular weight excluding hydrogens is 422 g/mol. The van der Waals surface area contributed by atoms with E-state index in [1.807, 2.05) is 6.92 Å². The SMILES string of the molecule is CCOC(=O)CCCCc1ccc(CCC2(NC(C)=O)c3ccccc3-c3ccccc32)cc1. The molecule has 176 valence electrons. The maximum atomic E-state index is 12.3. The molecule has 0 unspecified atom stereocenters. The number of unbranched alkanes of at least 4 members (excludes halogenated alkanes) is 1. The maximum Gasteiger partial charge on any atom is 0.305 e. The van der Waals surface area contributed by atoms with E-state index < -0.39 is 5.54 Å². The van der Waals surface area contributed by atoms with Gasteiger partial charge in [0.05, 0.1) is 12.1 Å². The van der Waals surface area contributed by atoms with Crippen molar-refractivity contribution in [2.75, 3.05) is 6.61 Å². The highest BCUT2D eigenvalue weighted by Gasteiger charge is 2.43. The number of aryl methyl sites for hydroxylation is 2. The first kappa shape index (κ1) is 23.7. The summed E-state index contributed by atoms with van der Waals surface area (Å²) >= 11 is 0. The minimum atomic E-state index is -0.523. The number of carbonyl (C=O) groups excluding carboxylic acids is 2. The summed E-state index contributed by atoms with van der Waals surface area (Å²) in [5.41, 5.74) is 6.75. The Labute approximate surface area is 202 Å². The van der Waals surface area contributed by atoms with Crippen molar-refractivity contribution in [3.8, 4) is 11.1 Å². The molecule has 4 heteroatoms. The van der Waals surface area contributed by atoms with Gasteiger partial charge in [-0.1, -0.05) is 72.8 Å². The molecule has 1 aliphatic rings. The van der Waals surface area contributed by atoms with E-state index >= 15 is 0 Å². The van der Waals surface area contributed by atoms with Crippen LogP contribution < -0.4 is 5.32 Å². The first-order chi connectivity index (χ1) is 16.5. The van der Waals surface area contributed by atoms with E-state index in [0.29, 0.717) is 13.0 Å². The first-order valence-electron chi connectivity index (χ1n) is 12.2. The van der Waals surface area contributed by atoms with Gasteiger partial charge >= 0.3 is 5.97 Å². The van der Waals surface area contributed by atoms with Gasteiger partial charge in [-0.2, -0.15) is 0 Å². The van der Waals surface area contributed by atoms with Gasteiger partial charge in [0.25, 0.3) is 0 Å². The quantitative estimate of drug-likeness (QED) is 0.303. The van der Waals surface area contributed by atoms with Crippen molar-refractivity contribution in [3.05, 3.63) is 95.1 Å². The fourth-order valence-corrected chi connectivity index (χ4v) is 5.13. The van der Waals surface area contributed by atoms with Crippen molar-refractivity contribution in [2.45, 2.75) is 57.9 Å². The first-order valence-corrected chi connectivity index (χ1v) is 12.2. The molecule has 0 aromatic heterocycles.